The van der Waals surface area contributed by atoms with Gasteiger partial charge in [0.25, 0.3) is 0 Å². The van der Waals surface area contributed by atoms with E-state index in [1.165, 1.54) is 43.9 Å². The Balaban J connectivity index is 1.74. The Bertz CT molecular complexity index is 1420. The molecule has 2 nitrogen and oxygen atoms in total. The molecule has 4 aromatic carbocycles. The molecule has 2 aromatic heterocycles. The molecular formula is C26H18N2. The van der Waals surface area contributed by atoms with E-state index in [1.807, 2.05) is 0 Å². The number of H-pyrrole nitrogens is 2. The fourth-order valence-electron chi connectivity index (χ4n) is 4.27. The van der Waals surface area contributed by atoms with Crippen LogP contribution in [0.3, 0.4) is 0 Å². The number of aromatic nitrogens is 2. The number of rotatable bonds is 2. The summed E-state index contributed by atoms with van der Waals surface area (Å²) in [6, 6.07) is 34.3. The third kappa shape index (κ3) is 2.21. The number of hydrogen-bond acceptors (Lipinski definition) is 0. The zero-order valence-electron chi connectivity index (χ0n) is 15.2. The summed E-state index contributed by atoms with van der Waals surface area (Å²) in [7, 11) is 0. The Morgan fingerprint density at radius 3 is 2.14 bits per heavy atom. The molecule has 0 saturated heterocycles. The normalized spacial score (nSPS) is 11.6. The molecule has 0 amide bonds. The number of fused-ring (bicyclic) bond motifs is 4. The van der Waals surface area contributed by atoms with Crippen molar-refractivity contribution in [1.29, 1.82) is 0 Å². The SMILES string of the molecule is c1ccc(-c2c(-c3cc4ccccc4[nH]3)ccc3c2[nH]c2ccccc23)cc1. The molecule has 2 heterocycles. The molecule has 0 spiro atoms. The minimum Gasteiger partial charge on any atom is -0.355 e. The highest BCUT2D eigenvalue weighted by Gasteiger charge is 2.16. The molecule has 0 atom stereocenters. The molecule has 0 aliphatic heterocycles. The second-order valence-electron chi connectivity index (χ2n) is 7.22. The van der Waals surface area contributed by atoms with Crippen molar-refractivity contribution < 1.29 is 0 Å². The summed E-state index contributed by atoms with van der Waals surface area (Å²) in [5, 5.41) is 3.75. The minimum atomic E-state index is 1.14. The molecule has 0 aliphatic carbocycles. The van der Waals surface area contributed by atoms with Crippen LogP contribution < -0.4 is 0 Å². The smallest absolute Gasteiger partial charge is 0.0551 e. The van der Waals surface area contributed by atoms with Gasteiger partial charge >= 0.3 is 0 Å². The van der Waals surface area contributed by atoms with Gasteiger partial charge < -0.3 is 9.97 Å². The maximum absolute atomic E-state index is 3.68. The maximum atomic E-state index is 3.68. The molecule has 132 valence electrons. The van der Waals surface area contributed by atoms with Gasteiger partial charge in [-0.1, -0.05) is 78.9 Å². The van der Waals surface area contributed by atoms with Crippen molar-refractivity contribution in [3.63, 3.8) is 0 Å². The predicted molar refractivity (Wildman–Crippen MR) is 119 cm³/mol. The lowest BCUT2D eigenvalue weighted by Gasteiger charge is -2.11. The Morgan fingerprint density at radius 1 is 0.536 bits per heavy atom. The van der Waals surface area contributed by atoms with Crippen LogP contribution >= 0.6 is 0 Å². The van der Waals surface area contributed by atoms with E-state index < -0.39 is 0 Å². The fourth-order valence-corrected chi connectivity index (χ4v) is 4.27. The number of benzene rings is 4. The zero-order chi connectivity index (χ0) is 18.5. The maximum Gasteiger partial charge on any atom is 0.0551 e. The van der Waals surface area contributed by atoms with Gasteiger partial charge in [0.05, 0.1) is 5.52 Å². The third-order valence-corrected chi connectivity index (χ3v) is 5.56. The van der Waals surface area contributed by atoms with E-state index in [4.69, 9.17) is 0 Å². The molecule has 0 unspecified atom stereocenters. The third-order valence-electron chi connectivity index (χ3n) is 5.56. The van der Waals surface area contributed by atoms with Crippen LogP contribution in [0.1, 0.15) is 0 Å². The first-order valence-corrected chi connectivity index (χ1v) is 9.55. The van der Waals surface area contributed by atoms with Gasteiger partial charge in [0, 0.05) is 44.0 Å². The van der Waals surface area contributed by atoms with Crippen LogP contribution in [0.15, 0.2) is 97.1 Å². The van der Waals surface area contributed by atoms with Crippen molar-refractivity contribution in [2.75, 3.05) is 0 Å². The molecule has 0 radical (unpaired) electrons. The van der Waals surface area contributed by atoms with Crippen molar-refractivity contribution in [2.45, 2.75) is 0 Å². The highest BCUT2D eigenvalue weighted by molar-refractivity contribution is 6.14. The second-order valence-corrected chi connectivity index (χ2v) is 7.22. The van der Waals surface area contributed by atoms with Gasteiger partial charge in [-0.2, -0.15) is 0 Å². The highest BCUT2D eigenvalue weighted by atomic mass is 14.7. The van der Waals surface area contributed by atoms with Crippen molar-refractivity contribution in [3.8, 4) is 22.4 Å². The van der Waals surface area contributed by atoms with E-state index in [9.17, 15) is 0 Å². The van der Waals surface area contributed by atoms with E-state index in [0.29, 0.717) is 0 Å². The van der Waals surface area contributed by atoms with E-state index in [0.717, 1.165) is 11.2 Å². The highest BCUT2D eigenvalue weighted by Crippen LogP contribution is 2.40. The minimum absolute atomic E-state index is 1.14. The van der Waals surface area contributed by atoms with Gasteiger partial charge in [-0.3, -0.25) is 0 Å². The van der Waals surface area contributed by atoms with Crippen molar-refractivity contribution >= 4 is 32.7 Å². The van der Waals surface area contributed by atoms with E-state index >= 15 is 0 Å². The molecule has 0 saturated carbocycles. The van der Waals surface area contributed by atoms with Gasteiger partial charge in [0.15, 0.2) is 0 Å². The average molecular weight is 358 g/mol. The largest absolute Gasteiger partial charge is 0.355 e. The molecule has 2 heteroatoms. The number of nitrogens with one attached hydrogen (secondary N) is 2. The Labute approximate surface area is 162 Å². The van der Waals surface area contributed by atoms with Gasteiger partial charge in [0.2, 0.25) is 0 Å². The Kier molecular flexibility index (Phi) is 3.20. The van der Waals surface area contributed by atoms with Gasteiger partial charge in [-0.25, -0.2) is 0 Å². The summed E-state index contributed by atoms with van der Waals surface area (Å²) in [6.07, 6.45) is 0. The van der Waals surface area contributed by atoms with Gasteiger partial charge in [-0.15, -0.1) is 0 Å². The standard InChI is InChI=1S/C26H18N2/c1-2-8-17(9-3-1)25-21(24-16-18-10-4-6-12-22(18)27-24)15-14-20-19-11-5-7-13-23(19)28-26(20)25/h1-16,27-28H. The molecule has 2 N–H and O–H groups in total. The van der Waals surface area contributed by atoms with E-state index in [1.54, 1.807) is 0 Å². The first kappa shape index (κ1) is 15.3. The summed E-state index contributed by atoms with van der Waals surface area (Å²) < 4.78 is 0. The number of aromatic amines is 2. The van der Waals surface area contributed by atoms with E-state index in [2.05, 4.69) is 107 Å². The topological polar surface area (TPSA) is 31.6 Å². The lowest BCUT2D eigenvalue weighted by atomic mass is 9.94. The fraction of sp³-hybridized carbons (Fsp3) is 0. The number of para-hydroxylation sites is 2. The second kappa shape index (κ2) is 5.86. The lowest BCUT2D eigenvalue weighted by Crippen LogP contribution is -1.87. The molecule has 0 bridgehead atoms. The summed E-state index contributed by atoms with van der Waals surface area (Å²) in [5.74, 6) is 0. The van der Waals surface area contributed by atoms with Gasteiger partial charge in [-0.05, 0) is 23.8 Å². The summed E-state index contributed by atoms with van der Waals surface area (Å²) in [4.78, 5) is 7.28. The first-order chi connectivity index (χ1) is 13.9. The summed E-state index contributed by atoms with van der Waals surface area (Å²) in [5.41, 5.74) is 8.32. The van der Waals surface area contributed by atoms with Crippen LogP contribution in [-0.4, -0.2) is 9.97 Å². The molecule has 28 heavy (non-hydrogen) atoms. The van der Waals surface area contributed by atoms with E-state index in [-0.39, 0.29) is 0 Å². The van der Waals surface area contributed by atoms with Crippen molar-refractivity contribution in [3.05, 3.63) is 97.1 Å². The van der Waals surface area contributed by atoms with Crippen molar-refractivity contribution in [2.24, 2.45) is 0 Å². The van der Waals surface area contributed by atoms with Crippen LogP contribution in [0.25, 0.3) is 55.1 Å². The molecule has 6 aromatic rings. The van der Waals surface area contributed by atoms with Crippen LogP contribution in [-0.2, 0) is 0 Å². The molecular weight excluding hydrogens is 340 g/mol. The Hall–Kier alpha value is -3.78. The quantitative estimate of drug-likeness (QED) is 0.330. The lowest BCUT2D eigenvalue weighted by molar-refractivity contribution is 1.45. The first-order valence-electron chi connectivity index (χ1n) is 9.55. The molecule has 0 fully saturated rings. The van der Waals surface area contributed by atoms with Crippen LogP contribution in [0.5, 0.6) is 0 Å². The average Bonchev–Trinajstić information content (AvgIpc) is 3.35. The zero-order valence-corrected chi connectivity index (χ0v) is 15.2. The molecule has 0 aliphatic rings. The monoisotopic (exact) mass is 358 g/mol. The number of hydrogen-bond donors (Lipinski definition) is 2. The van der Waals surface area contributed by atoms with Crippen LogP contribution in [0.2, 0.25) is 0 Å². The molecule has 6 rings (SSSR count). The van der Waals surface area contributed by atoms with Crippen LogP contribution in [0, 0.1) is 0 Å². The predicted octanol–water partition coefficient (Wildman–Crippen LogP) is 7.14. The van der Waals surface area contributed by atoms with Gasteiger partial charge in [0.1, 0.15) is 0 Å². The van der Waals surface area contributed by atoms with Crippen LogP contribution in [0.4, 0.5) is 0 Å². The van der Waals surface area contributed by atoms with Crippen molar-refractivity contribution in [1.82, 2.24) is 9.97 Å². The summed E-state index contributed by atoms with van der Waals surface area (Å²) in [6.45, 7) is 0. The summed E-state index contributed by atoms with van der Waals surface area (Å²) >= 11 is 0. The Morgan fingerprint density at radius 2 is 1.29 bits per heavy atom.